The van der Waals surface area contributed by atoms with E-state index in [1.54, 1.807) is 14.0 Å². The van der Waals surface area contributed by atoms with Crippen molar-refractivity contribution in [1.29, 1.82) is 0 Å². The molecule has 0 bridgehead atoms. The summed E-state index contributed by atoms with van der Waals surface area (Å²) >= 11 is 0. The normalized spacial score (nSPS) is 8.69. The molecule has 6 heteroatoms. The van der Waals surface area contributed by atoms with Crippen LogP contribution in [0.3, 0.4) is 0 Å². The van der Waals surface area contributed by atoms with Gasteiger partial charge in [-0.05, 0) is 12.5 Å². The van der Waals surface area contributed by atoms with E-state index in [0.717, 1.165) is 0 Å². The number of hydrogen-bond acceptors (Lipinski definition) is 3. The summed E-state index contributed by atoms with van der Waals surface area (Å²) in [7, 11) is 1.56. The summed E-state index contributed by atoms with van der Waals surface area (Å²) in [6, 6.07) is 0. The molecular weight excluding hydrogens is 214 g/mol. The van der Waals surface area contributed by atoms with Crippen molar-refractivity contribution in [2.24, 2.45) is 5.92 Å². The largest absolute Gasteiger partial charge is 0.481 e. The van der Waals surface area contributed by atoms with Gasteiger partial charge in [-0.15, -0.1) is 0 Å². The van der Waals surface area contributed by atoms with Crippen LogP contribution in [0.25, 0.3) is 0 Å². The third kappa shape index (κ3) is 8.74. The van der Waals surface area contributed by atoms with Crippen molar-refractivity contribution in [1.82, 2.24) is 5.32 Å². The highest BCUT2D eigenvalue weighted by atomic mass is 16.4. The Bertz CT molecular complexity index is 248. The number of rotatable bonds is 5. The molecule has 0 aromatic heterocycles. The molecule has 0 aliphatic carbocycles. The zero-order valence-corrected chi connectivity index (χ0v) is 9.40. The fourth-order valence-corrected chi connectivity index (χ4v) is 0.743. The van der Waals surface area contributed by atoms with E-state index in [2.05, 4.69) is 11.9 Å². The molecule has 0 spiro atoms. The van der Waals surface area contributed by atoms with E-state index in [9.17, 15) is 14.4 Å². The van der Waals surface area contributed by atoms with Crippen molar-refractivity contribution < 1.29 is 24.6 Å². The highest BCUT2D eigenvalue weighted by Gasteiger charge is 2.23. The molecule has 0 saturated carbocycles. The molecule has 0 aromatic rings. The number of carbonyl (C=O) groups excluding carboxylic acids is 1. The fraction of sp³-hybridized carbons (Fsp3) is 0.500. The molecule has 0 radical (unpaired) electrons. The number of hydrogen-bond donors (Lipinski definition) is 3. The van der Waals surface area contributed by atoms with Gasteiger partial charge in [0.15, 0.2) is 5.92 Å². The summed E-state index contributed by atoms with van der Waals surface area (Å²) in [5.41, 5.74) is 0. The number of nitrogens with one attached hydrogen (secondary N) is 1. The fourth-order valence-electron chi connectivity index (χ4n) is 0.743. The first kappa shape index (κ1) is 16.6. The minimum absolute atomic E-state index is 0.144. The van der Waals surface area contributed by atoms with Gasteiger partial charge in [0.25, 0.3) is 0 Å². The van der Waals surface area contributed by atoms with E-state index >= 15 is 0 Å². The molecule has 6 nitrogen and oxygen atoms in total. The Labute approximate surface area is 94.0 Å². The Hall–Kier alpha value is -1.85. The Morgan fingerprint density at radius 2 is 1.75 bits per heavy atom. The SMILES string of the molecule is C=CC(=O)NC.CCCC(C(=O)O)C(=O)O. The Balaban J connectivity index is 0. The van der Waals surface area contributed by atoms with Crippen molar-refractivity contribution in [2.45, 2.75) is 19.8 Å². The quantitative estimate of drug-likeness (QED) is 0.472. The van der Waals surface area contributed by atoms with E-state index in [1.807, 2.05) is 0 Å². The molecule has 0 aliphatic rings. The van der Waals surface area contributed by atoms with E-state index in [-0.39, 0.29) is 12.3 Å². The van der Waals surface area contributed by atoms with Gasteiger partial charge in [0.05, 0.1) is 0 Å². The molecule has 0 rings (SSSR count). The van der Waals surface area contributed by atoms with Gasteiger partial charge >= 0.3 is 11.9 Å². The Morgan fingerprint density at radius 1 is 1.31 bits per heavy atom. The predicted octanol–water partition coefficient (Wildman–Crippen LogP) is 0.490. The van der Waals surface area contributed by atoms with Gasteiger partial charge in [0, 0.05) is 7.05 Å². The molecule has 0 fully saturated rings. The minimum atomic E-state index is -1.26. The van der Waals surface area contributed by atoms with Crippen LogP contribution in [0.15, 0.2) is 12.7 Å². The molecule has 16 heavy (non-hydrogen) atoms. The van der Waals surface area contributed by atoms with Crippen LogP contribution < -0.4 is 5.32 Å². The molecule has 0 aromatic carbocycles. The van der Waals surface area contributed by atoms with Gasteiger partial charge in [0.2, 0.25) is 5.91 Å². The number of likely N-dealkylation sites (N-methyl/N-ethyl adjacent to an activating group) is 1. The first-order valence-electron chi connectivity index (χ1n) is 4.70. The number of carboxylic acids is 2. The van der Waals surface area contributed by atoms with Crippen LogP contribution >= 0.6 is 0 Å². The van der Waals surface area contributed by atoms with Gasteiger partial charge in [-0.25, -0.2) is 0 Å². The van der Waals surface area contributed by atoms with Crippen molar-refractivity contribution in [3.8, 4) is 0 Å². The van der Waals surface area contributed by atoms with Crippen molar-refractivity contribution >= 4 is 17.8 Å². The molecule has 3 N–H and O–H groups in total. The van der Waals surface area contributed by atoms with Gasteiger partial charge in [0.1, 0.15) is 0 Å². The highest BCUT2D eigenvalue weighted by Crippen LogP contribution is 2.05. The molecule has 0 aliphatic heterocycles. The zero-order chi connectivity index (χ0) is 13.1. The lowest BCUT2D eigenvalue weighted by Gasteiger charge is -2.02. The predicted molar refractivity (Wildman–Crippen MR) is 57.9 cm³/mol. The maximum atomic E-state index is 10.2. The van der Waals surface area contributed by atoms with Gasteiger partial charge < -0.3 is 15.5 Å². The van der Waals surface area contributed by atoms with Crippen LogP contribution in [-0.4, -0.2) is 35.1 Å². The summed E-state index contributed by atoms with van der Waals surface area (Å²) < 4.78 is 0. The first-order chi connectivity index (χ1) is 7.40. The summed E-state index contributed by atoms with van der Waals surface area (Å²) in [5, 5.41) is 18.9. The maximum absolute atomic E-state index is 10.2. The van der Waals surface area contributed by atoms with Crippen LogP contribution in [0.1, 0.15) is 19.8 Å². The summed E-state index contributed by atoms with van der Waals surface area (Å²) in [5.74, 6) is -3.89. The number of amides is 1. The molecule has 92 valence electrons. The molecule has 0 heterocycles. The zero-order valence-electron chi connectivity index (χ0n) is 9.40. The highest BCUT2D eigenvalue weighted by molar-refractivity contribution is 5.92. The topological polar surface area (TPSA) is 104 Å². The standard InChI is InChI=1S/C6H10O4.C4H7NO/c1-2-3-4(5(7)8)6(9)10;1-3-4(6)5-2/h4H,2-3H2,1H3,(H,7,8)(H,9,10);3H,1H2,2H3,(H,5,6). The van der Waals surface area contributed by atoms with Crippen molar-refractivity contribution in [3.05, 3.63) is 12.7 Å². The van der Waals surface area contributed by atoms with E-state index in [1.165, 1.54) is 6.08 Å². The molecule has 0 unspecified atom stereocenters. The number of carbonyl (C=O) groups is 3. The van der Waals surface area contributed by atoms with Crippen LogP contribution in [-0.2, 0) is 14.4 Å². The molecule has 1 amide bonds. The van der Waals surface area contributed by atoms with E-state index in [0.29, 0.717) is 6.42 Å². The lowest BCUT2D eigenvalue weighted by atomic mass is 10.1. The Kier molecular flexibility index (Phi) is 10.0. The van der Waals surface area contributed by atoms with Crippen molar-refractivity contribution in [2.75, 3.05) is 7.05 Å². The van der Waals surface area contributed by atoms with Gasteiger partial charge in [-0.1, -0.05) is 19.9 Å². The van der Waals surface area contributed by atoms with Gasteiger partial charge in [-0.3, -0.25) is 14.4 Å². The summed E-state index contributed by atoms with van der Waals surface area (Å²) in [6.45, 7) is 4.97. The molecule has 0 saturated heterocycles. The third-order valence-electron chi connectivity index (χ3n) is 1.61. The number of aliphatic carboxylic acids is 2. The lowest BCUT2D eigenvalue weighted by molar-refractivity contribution is -0.154. The van der Waals surface area contributed by atoms with Crippen LogP contribution in [0.5, 0.6) is 0 Å². The lowest BCUT2D eigenvalue weighted by Crippen LogP contribution is -2.22. The van der Waals surface area contributed by atoms with Gasteiger partial charge in [-0.2, -0.15) is 0 Å². The molecular formula is C10H17NO5. The third-order valence-corrected chi connectivity index (χ3v) is 1.61. The summed E-state index contributed by atoms with van der Waals surface area (Å²) in [6.07, 6.45) is 1.99. The average molecular weight is 231 g/mol. The van der Waals surface area contributed by atoms with Crippen LogP contribution in [0, 0.1) is 5.92 Å². The second-order valence-corrected chi connectivity index (χ2v) is 2.84. The second-order valence-electron chi connectivity index (χ2n) is 2.84. The van der Waals surface area contributed by atoms with Crippen molar-refractivity contribution in [3.63, 3.8) is 0 Å². The maximum Gasteiger partial charge on any atom is 0.317 e. The van der Waals surface area contributed by atoms with Crippen LogP contribution in [0.2, 0.25) is 0 Å². The monoisotopic (exact) mass is 231 g/mol. The minimum Gasteiger partial charge on any atom is -0.481 e. The second kappa shape index (κ2) is 9.70. The average Bonchev–Trinajstić information content (AvgIpc) is 2.24. The molecule has 0 atom stereocenters. The Morgan fingerprint density at radius 3 is 1.81 bits per heavy atom. The van der Waals surface area contributed by atoms with Crippen LogP contribution in [0.4, 0.5) is 0 Å². The number of carboxylic acid groups (broad SMARTS) is 2. The van der Waals surface area contributed by atoms with E-state index < -0.39 is 17.9 Å². The van der Waals surface area contributed by atoms with E-state index in [4.69, 9.17) is 10.2 Å². The first-order valence-corrected chi connectivity index (χ1v) is 4.70. The summed E-state index contributed by atoms with van der Waals surface area (Å²) in [4.78, 5) is 30.3. The smallest absolute Gasteiger partial charge is 0.317 e.